The zero-order chi connectivity index (χ0) is 22.5. The van der Waals surface area contributed by atoms with E-state index >= 15 is 0 Å². The van der Waals surface area contributed by atoms with Gasteiger partial charge in [0.05, 0.1) is 6.42 Å². The molecule has 1 aromatic heterocycles. The van der Waals surface area contributed by atoms with Gasteiger partial charge in [0.2, 0.25) is 11.8 Å². The predicted molar refractivity (Wildman–Crippen MR) is 123 cm³/mol. The van der Waals surface area contributed by atoms with Crippen LogP contribution in [0.4, 0.5) is 4.39 Å². The first-order chi connectivity index (χ1) is 15.5. The number of nitrogens with zero attached hydrogens (tertiary/aromatic N) is 2. The molecule has 172 valence electrons. The Bertz CT molecular complexity index is 922. The number of hydrogen-bond acceptors (Lipinski definition) is 5. The first kappa shape index (κ1) is 22.9. The Morgan fingerprint density at radius 1 is 1.25 bits per heavy atom. The first-order valence-corrected chi connectivity index (χ1v) is 12.2. The molecule has 3 heterocycles. The number of likely N-dealkylation sites (tertiary alicyclic amines) is 1. The van der Waals surface area contributed by atoms with Crippen molar-refractivity contribution in [3.63, 3.8) is 0 Å². The number of amides is 2. The highest BCUT2D eigenvalue weighted by atomic mass is 32.1. The fourth-order valence-corrected chi connectivity index (χ4v) is 5.37. The van der Waals surface area contributed by atoms with Gasteiger partial charge in [0.15, 0.2) is 0 Å². The molecule has 0 radical (unpaired) electrons. The molecule has 0 aliphatic carbocycles. The number of hydrazine groups is 1. The SMILES string of the molecule is CN(CCCC1CC(c2cccc(F)c2)NN1)C(=O)C1CCCN1C(=O)Cc1cccs1. The van der Waals surface area contributed by atoms with E-state index in [-0.39, 0.29) is 35.8 Å². The number of thiophene rings is 1. The van der Waals surface area contributed by atoms with E-state index in [4.69, 9.17) is 0 Å². The Hall–Kier alpha value is -2.29. The number of likely N-dealkylation sites (N-methyl/N-ethyl adjacent to an activating group) is 1. The standard InChI is InChI=1S/C24H31FN4O2S/c1-28(11-3-8-19-15-21(27-26-19)17-6-2-7-18(25)14-17)24(31)22-10-4-12-29(22)23(30)16-20-9-5-13-32-20/h2,5-7,9,13-14,19,21-22,26-27H,3-4,8,10-12,15-16H2,1H3. The molecule has 2 aromatic rings. The van der Waals surface area contributed by atoms with Crippen LogP contribution in [0.3, 0.4) is 0 Å². The predicted octanol–water partition coefficient (Wildman–Crippen LogP) is 3.27. The van der Waals surface area contributed by atoms with Crippen LogP contribution >= 0.6 is 11.3 Å². The molecule has 4 rings (SSSR count). The number of rotatable bonds is 8. The van der Waals surface area contributed by atoms with Crippen LogP contribution in [-0.2, 0) is 16.0 Å². The van der Waals surface area contributed by atoms with E-state index in [1.165, 1.54) is 6.07 Å². The number of benzene rings is 1. The Kier molecular flexibility index (Phi) is 7.55. The molecule has 8 heteroatoms. The smallest absolute Gasteiger partial charge is 0.245 e. The highest BCUT2D eigenvalue weighted by Crippen LogP contribution is 2.25. The molecule has 2 saturated heterocycles. The van der Waals surface area contributed by atoms with Gasteiger partial charge in [-0.3, -0.25) is 20.4 Å². The molecule has 2 fully saturated rings. The van der Waals surface area contributed by atoms with Gasteiger partial charge in [-0.1, -0.05) is 18.2 Å². The average Bonchev–Trinajstić information content (AvgIpc) is 3.54. The highest BCUT2D eigenvalue weighted by molar-refractivity contribution is 7.10. The first-order valence-electron chi connectivity index (χ1n) is 11.3. The van der Waals surface area contributed by atoms with E-state index in [0.29, 0.717) is 19.5 Å². The van der Waals surface area contributed by atoms with Crippen molar-refractivity contribution in [2.45, 2.75) is 56.7 Å². The third kappa shape index (κ3) is 5.54. The summed E-state index contributed by atoms with van der Waals surface area (Å²) in [4.78, 5) is 30.3. The number of carbonyl (C=O) groups excluding carboxylic acids is 2. The summed E-state index contributed by atoms with van der Waals surface area (Å²) < 4.78 is 13.5. The van der Waals surface area contributed by atoms with E-state index in [1.54, 1.807) is 33.3 Å². The summed E-state index contributed by atoms with van der Waals surface area (Å²) in [5.74, 6) is -0.138. The molecule has 32 heavy (non-hydrogen) atoms. The van der Waals surface area contributed by atoms with Crippen LogP contribution in [0.2, 0.25) is 0 Å². The van der Waals surface area contributed by atoms with Crippen LogP contribution < -0.4 is 10.9 Å². The van der Waals surface area contributed by atoms with E-state index in [9.17, 15) is 14.0 Å². The molecule has 0 spiro atoms. The molecule has 6 nitrogen and oxygen atoms in total. The topological polar surface area (TPSA) is 64.7 Å². The maximum absolute atomic E-state index is 13.5. The van der Waals surface area contributed by atoms with Crippen molar-refractivity contribution in [3.8, 4) is 0 Å². The van der Waals surface area contributed by atoms with Crippen molar-refractivity contribution in [1.29, 1.82) is 0 Å². The molecule has 2 N–H and O–H groups in total. The van der Waals surface area contributed by atoms with Gasteiger partial charge in [-0.05, 0) is 61.2 Å². The number of hydrogen-bond donors (Lipinski definition) is 2. The van der Waals surface area contributed by atoms with Gasteiger partial charge in [0.1, 0.15) is 11.9 Å². The second kappa shape index (κ2) is 10.6. The van der Waals surface area contributed by atoms with Gasteiger partial charge in [-0.15, -0.1) is 11.3 Å². The maximum atomic E-state index is 13.5. The molecule has 1 aromatic carbocycles. The number of halogens is 1. The maximum Gasteiger partial charge on any atom is 0.245 e. The van der Waals surface area contributed by atoms with Crippen LogP contribution in [0.1, 0.15) is 48.6 Å². The normalized spacial score (nSPS) is 22.9. The van der Waals surface area contributed by atoms with Crippen LogP contribution in [0, 0.1) is 5.82 Å². The summed E-state index contributed by atoms with van der Waals surface area (Å²) >= 11 is 1.58. The number of carbonyl (C=O) groups is 2. The van der Waals surface area contributed by atoms with E-state index in [0.717, 1.165) is 42.5 Å². The summed E-state index contributed by atoms with van der Waals surface area (Å²) in [7, 11) is 1.83. The third-order valence-electron chi connectivity index (χ3n) is 6.42. The zero-order valence-corrected chi connectivity index (χ0v) is 19.2. The van der Waals surface area contributed by atoms with Gasteiger partial charge in [0, 0.05) is 37.1 Å². The van der Waals surface area contributed by atoms with Crippen molar-refractivity contribution < 1.29 is 14.0 Å². The molecule has 2 amide bonds. The Morgan fingerprint density at radius 2 is 2.12 bits per heavy atom. The minimum atomic E-state index is -0.337. The quantitative estimate of drug-likeness (QED) is 0.637. The minimum Gasteiger partial charge on any atom is -0.344 e. The van der Waals surface area contributed by atoms with Gasteiger partial charge in [0.25, 0.3) is 0 Å². The average molecular weight is 459 g/mol. The Labute approximate surface area is 192 Å². The van der Waals surface area contributed by atoms with E-state index in [2.05, 4.69) is 10.9 Å². The molecular weight excluding hydrogens is 427 g/mol. The van der Waals surface area contributed by atoms with Gasteiger partial charge in [-0.2, -0.15) is 0 Å². The van der Waals surface area contributed by atoms with Crippen molar-refractivity contribution in [2.24, 2.45) is 0 Å². The monoisotopic (exact) mass is 458 g/mol. The summed E-state index contributed by atoms with van der Waals surface area (Å²) in [5, 5.41) is 1.97. The summed E-state index contributed by atoms with van der Waals surface area (Å²) in [6.07, 6.45) is 4.66. The lowest BCUT2D eigenvalue weighted by molar-refractivity contribution is -0.142. The highest BCUT2D eigenvalue weighted by Gasteiger charge is 2.35. The largest absolute Gasteiger partial charge is 0.344 e. The minimum absolute atomic E-state index is 0.0390. The lowest BCUT2D eigenvalue weighted by Crippen LogP contribution is -2.47. The molecule has 2 aliphatic rings. The second-order valence-corrected chi connectivity index (χ2v) is 9.76. The zero-order valence-electron chi connectivity index (χ0n) is 18.4. The summed E-state index contributed by atoms with van der Waals surface area (Å²) in [5.41, 5.74) is 7.49. The molecular formula is C24H31FN4O2S. The van der Waals surface area contributed by atoms with Crippen LogP contribution in [0.5, 0.6) is 0 Å². The van der Waals surface area contributed by atoms with Crippen molar-refractivity contribution in [3.05, 3.63) is 58.0 Å². The fraction of sp³-hybridized carbons (Fsp3) is 0.500. The molecule has 3 unspecified atom stereocenters. The van der Waals surface area contributed by atoms with Crippen LogP contribution in [-0.4, -0.2) is 53.8 Å². The number of nitrogens with one attached hydrogen (secondary N) is 2. The van der Waals surface area contributed by atoms with E-state index < -0.39 is 0 Å². The fourth-order valence-electron chi connectivity index (χ4n) is 4.68. The van der Waals surface area contributed by atoms with Gasteiger partial charge < -0.3 is 9.80 Å². The van der Waals surface area contributed by atoms with Crippen LogP contribution in [0.25, 0.3) is 0 Å². The lowest BCUT2D eigenvalue weighted by atomic mass is 9.99. The second-order valence-electron chi connectivity index (χ2n) is 8.73. The molecule has 0 bridgehead atoms. The van der Waals surface area contributed by atoms with Crippen LogP contribution in [0.15, 0.2) is 41.8 Å². The lowest BCUT2D eigenvalue weighted by Gasteiger charge is -2.28. The third-order valence-corrected chi connectivity index (χ3v) is 7.30. The Morgan fingerprint density at radius 3 is 2.91 bits per heavy atom. The molecule has 3 atom stereocenters. The van der Waals surface area contributed by atoms with Gasteiger partial charge in [-0.25, -0.2) is 4.39 Å². The van der Waals surface area contributed by atoms with Crippen molar-refractivity contribution >= 4 is 23.2 Å². The van der Waals surface area contributed by atoms with Crippen molar-refractivity contribution in [2.75, 3.05) is 20.1 Å². The van der Waals surface area contributed by atoms with Crippen molar-refractivity contribution in [1.82, 2.24) is 20.7 Å². The Balaban J connectivity index is 1.22. The summed E-state index contributed by atoms with van der Waals surface area (Å²) in [6, 6.07) is 10.6. The molecule has 0 saturated carbocycles. The molecule has 2 aliphatic heterocycles. The van der Waals surface area contributed by atoms with E-state index in [1.807, 2.05) is 30.6 Å². The van der Waals surface area contributed by atoms with Gasteiger partial charge >= 0.3 is 0 Å². The summed E-state index contributed by atoms with van der Waals surface area (Å²) in [6.45, 7) is 1.32.